The van der Waals surface area contributed by atoms with Gasteiger partial charge < -0.3 is 15.1 Å². The Bertz CT molecular complexity index is 752. The molecule has 1 aromatic rings. The molecule has 0 saturated heterocycles. The third-order valence-electron chi connectivity index (χ3n) is 2.84. The van der Waals surface area contributed by atoms with Gasteiger partial charge in [-0.15, -0.1) is 18.8 Å². The molecule has 0 saturated carbocycles. The number of hydrogen-bond acceptors (Lipinski definition) is 5. The molecule has 3 N–H and O–H groups in total. The van der Waals surface area contributed by atoms with Crippen LogP contribution >= 0.6 is 11.8 Å². The van der Waals surface area contributed by atoms with Crippen LogP contribution in [-0.2, 0) is 12.3 Å². The van der Waals surface area contributed by atoms with E-state index in [4.69, 9.17) is 22.5 Å². The number of terminal acetylenes is 2. The first-order chi connectivity index (χ1) is 12.8. The SMILES string of the molecule is C#CCCC#CNCc1ccc(CSCCNC(=NCC#C)NC#N)o1. The molecule has 0 spiro atoms. The fourth-order valence-electron chi connectivity index (χ4n) is 1.72. The second-order valence-electron chi connectivity index (χ2n) is 4.81. The summed E-state index contributed by atoms with van der Waals surface area (Å²) < 4.78 is 5.73. The molecule has 26 heavy (non-hydrogen) atoms. The monoisotopic (exact) mass is 367 g/mol. The van der Waals surface area contributed by atoms with E-state index in [2.05, 4.69) is 44.7 Å². The van der Waals surface area contributed by atoms with E-state index in [1.807, 2.05) is 18.3 Å². The number of aliphatic imine (C=N–C) groups is 1. The van der Waals surface area contributed by atoms with Gasteiger partial charge in [0.05, 0.1) is 12.3 Å². The van der Waals surface area contributed by atoms with Crippen LogP contribution in [0, 0.1) is 48.1 Å². The molecule has 0 aliphatic rings. The van der Waals surface area contributed by atoms with Crippen LogP contribution in [0.3, 0.4) is 0 Å². The first-order valence-electron chi connectivity index (χ1n) is 7.96. The van der Waals surface area contributed by atoms with Crippen LogP contribution in [0.1, 0.15) is 24.4 Å². The van der Waals surface area contributed by atoms with Gasteiger partial charge in [0.2, 0.25) is 5.96 Å². The largest absolute Gasteiger partial charge is 0.463 e. The number of guanidine groups is 1. The lowest BCUT2D eigenvalue weighted by Gasteiger charge is -2.06. The van der Waals surface area contributed by atoms with Crippen molar-refractivity contribution in [2.45, 2.75) is 25.1 Å². The van der Waals surface area contributed by atoms with Crippen molar-refractivity contribution in [1.29, 1.82) is 5.26 Å². The fraction of sp³-hybridized carbons (Fsp3) is 0.368. The topological polar surface area (TPSA) is 85.4 Å². The third-order valence-corrected chi connectivity index (χ3v) is 3.82. The van der Waals surface area contributed by atoms with E-state index in [0.717, 1.165) is 23.0 Å². The first-order valence-corrected chi connectivity index (χ1v) is 9.12. The van der Waals surface area contributed by atoms with E-state index < -0.39 is 0 Å². The van der Waals surface area contributed by atoms with Crippen LogP contribution in [0.5, 0.6) is 0 Å². The van der Waals surface area contributed by atoms with Gasteiger partial charge >= 0.3 is 0 Å². The molecule has 0 atom stereocenters. The third kappa shape index (κ3) is 9.89. The molecule has 7 heteroatoms. The molecule has 134 valence electrons. The van der Waals surface area contributed by atoms with E-state index in [-0.39, 0.29) is 6.54 Å². The van der Waals surface area contributed by atoms with Crippen LogP contribution in [0.4, 0.5) is 0 Å². The number of unbranched alkanes of at least 4 members (excludes halogenated alkanes) is 1. The highest BCUT2D eigenvalue weighted by atomic mass is 32.2. The predicted octanol–water partition coefficient (Wildman–Crippen LogP) is 1.63. The normalized spacial score (nSPS) is 9.81. The zero-order chi connectivity index (χ0) is 18.9. The summed E-state index contributed by atoms with van der Waals surface area (Å²) in [6.07, 6.45) is 13.5. The zero-order valence-electron chi connectivity index (χ0n) is 14.5. The van der Waals surface area contributed by atoms with Gasteiger partial charge in [-0.25, -0.2) is 4.99 Å². The van der Waals surface area contributed by atoms with E-state index in [0.29, 0.717) is 31.9 Å². The number of nitriles is 1. The molecule has 0 aliphatic carbocycles. The fourth-order valence-corrected chi connectivity index (χ4v) is 2.46. The quantitative estimate of drug-likeness (QED) is 0.154. The average Bonchev–Trinajstić information content (AvgIpc) is 3.10. The minimum Gasteiger partial charge on any atom is -0.463 e. The smallest absolute Gasteiger partial charge is 0.205 e. The Morgan fingerprint density at radius 1 is 1.23 bits per heavy atom. The van der Waals surface area contributed by atoms with Crippen LogP contribution in [0.2, 0.25) is 0 Å². The molecule has 0 unspecified atom stereocenters. The van der Waals surface area contributed by atoms with Crippen molar-refractivity contribution in [3.63, 3.8) is 0 Å². The minimum atomic E-state index is 0.224. The Kier molecular flexibility index (Phi) is 11.4. The highest BCUT2D eigenvalue weighted by Gasteiger charge is 2.02. The number of nitrogens with zero attached hydrogens (tertiary/aromatic N) is 2. The number of thioether (sulfide) groups is 1. The lowest BCUT2D eigenvalue weighted by molar-refractivity contribution is 0.474. The van der Waals surface area contributed by atoms with Crippen molar-refractivity contribution in [1.82, 2.24) is 16.0 Å². The van der Waals surface area contributed by atoms with Gasteiger partial charge in [-0.2, -0.15) is 17.0 Å². The van der Waals surface area contributed by atoms with Crippen LogP contribution < -0.4 is 16.0 Å². The molecular weight excluding hydrogens is 346 g/mol. The van der Waals surface area contributed by atoms with E-state index in [9.17, 15) is 0 Å². The molecule has 1 heterocycles. The number of furan rings is 1. The van der Waals surface area contributed by atoms with Gasteiger partial charge in [0, 0.05) is 31.2 Å². The molecule has 0 aromatic carbocycles. The summed E-state index contributed by atoms with van der Waals surface area (Å²) in [4.78, 5) is 4.02. The van der Waals surface area contributed by atoms with Gasteiger partial charge in [-0.3, -0.25) is 5.32 Å². The van der Waals surface area contributed by atoms with Crippen molar-refractivity contribution in [3.8, 4) is 42.8 Å². The van der Waals surface area contributed by atoms with Crippen molar-refractivity contribution in [3.05, 3.63) is 23.7 Å². The molecule has 0 amide bonds. The maximum Gasteiger partial charge on any atom is 0.205 e. The van der Waals surface area contributed by atoms with Crippen molar-refractivity contribution in [2.24, 2.45) is 4.99 Å². The highest BCUT2D eigenvalue weighted by molar-refractivity contribution is 7.98. The van der Waals surface area contributed by atoms with Crippen molar-refractivity contribution in [2.75, 3.05) is 18.8 Å². The highest BCUT2D eigenvalue weighted by Crippen LogP contribution is 2.15. The molecular formula is C19H21N5OS. The van der Waals surface area contributed by atoms with Gasteiger partial charge in [0.25, 0.3) is 0 Å². The first kappa shape index (κ1) is 20.9. The summed E-state index contributed by atoms with van der Waals surface area (Å²) in [6.45, 7) is 1.44. The standard InChI is InChI=1S/C19H21N5OS/c1-3-5-6-7-11-21-14-17-8-9-18(25-17)15-26-13-12-23-19(24-16-20)22-10-4-2/h1-2,8-9,21H,5-6,10,12-15H2,(H2,22,23,24). The van der Waals surface area contributed by atoms with Crippen LogP contribution in [0.25, 0.3) is 0 Å². The maximum atomic E-state index is 8.63. The summed E-state index contributed by atoms with van der Waals surface area (Å²) in [5.74, 6) is 11.6. The molecule has 0 bridgehead atoms. The number of rotatable bonds is 9. The Morgan fingerprint density at radius 3 is 2.85 bits per heavy atom. The second kappa shape index (κ2) is 14.2. The predicted molar refractivity (Wildman–Crippen MR) is 105 cm³/mol. The van der Waals surface area contributed by atoms with Gasteiger partial charge in [0.1, 0.15) is 18.1 Å². The average molecular weight is 367 g/mol. The van der Waals surface area contributed by atoms with E-state index >= 15 is 0 Å². The Hall–Kier alpha value is -3.13. The van der Waals surface area contributed by atoms with Gasteiger partial charge in [0.15, 0.2) is 6.19 Å². The minimum absolute atomic E-state index is 0.224. The number of nitrogens with one attached hydrogen (secondary N) is 3. The summed E-state index contributed by atoms with van der Waals surface area (Å²) in [6, 6.07) is 6.75. The maximum absolute atomic E-state index is 8.63. The van der Waals surface area contributed by atoms with Crippen molar-refractivity contribution >= 4 is 17.7 Å². The second-order valence-corrected chi connectivity index (χ2v) is 5.92. The number of hydrogen-bond donors (Lipinski definition) is 3. The molecule has 0 fully saturated rings. The van der Waals surface area contributed by atoms with Gasteiger partial charge in [-0.1, -0.05) is 11.8 Å². The molecule has 6 nitrogen and oxygen atoms in total. The lowest BCUT2D eigenvalue weighted by Crippen LogP contribution is -2.36. The Balaban J connectivity index is 2.21. The molecule has 0 aliphatic heterocycles. The summed E-state index contributed by atoms with van der Waals surface area (Å²) >= 11 is 1.71. The van der Waals surface area contributed by atoms with Crippen LogP contribution in [-0.4, -0.2) is 24.8 Å². The van der Waals surface area contributed by atoms with Gasteiger partial charge in [-0.05, 0) is 12.1 Å². The molecule has 0 radical (unpaired) electrons. The Morgan fingerprint density at radius 2 is 2.08 bits per heavy atom. The molecule has 1 aromatic heterocycles. The zero-order valence-corrected chi connectivity index (χ0v) is 15.3. The van der Waals surface area contributed by atoms with E-state index in [1.54, 1.807) is 11.8 Å². The Labute approximate surface area is 159 Å². The lowest BCUT2D eigenvalue weighted by atomic mass is 10.3. The van der Waals surface area contributed by atoms with E-state index in [1.165, 1.54) is 0 Å². The summed E-state index contributed by atoms with van der Waals surface area (Å²) in [5, 5.41) is 17.1. The summed E-state index contributed by atoms with van der Waals surface area (Å²) in [7, 11) is 0. The molecule has 1 rings (SSSR count). The summed E-state index contributed by atoms with van der Waals surface area (Å²) in [5.41, 5.74) is 0. The van der Waals surface area contributed by atoms with Crippen molar-refractivity contribution < 1.29 is 4.42 Å². The van der Waals surface area contributed by atoms with Crippen LogP contribution in [0.15, 0.2) is 21.5 Å².